The molecule has 0 saturated carbocycles. The number of rotatable bonds is 3. The van der Waals surface area contributed by atoms with Gasteiger partial charge >= 0.3 is 0 Å². The third-order valence-corrected chi connectivity index (χ3v) is 3.20. The summed E-state index contributed by atoms with van der Waals surface area (Å²) in [6.45, 7) is 1.92. The second-order valence-corrected chi connectivity index (χ2v) is 4.75. The summed E-state index contributed by atoms with van der Waals surface area (Å²) in [4.78, 5) is 0. The van der Waals surface area contributed by atoms with Gasteiger partial charge in [0, 0.05) is 11.4 Å². The smallest absolute Gasteiger partial charge is 0.126 e. The molecule has 0 aliphatic heterocycles. The maximum atomic E-state index is 13.6. The molecule has 0 heterocycles. The molecule has 3 heteroatoms. The molecule has 0 aliphatic rings. The lowest BCUT2D eigenvalue weighted by Gasteiger charge is -2.14. The minimum Gasteiger partial charge on any atom is -0.388 e. The molecular formula is C15H14ClFO. The summed E-state index contributed by atoms with van der Waals surface area (Å²) in [5.74, 6) is -0.341. The first-order valence-corrected chi connectivity index (χ1v) is 6.13. The Kier molecular flexibility index (Phi) is 4.00. The maximum absolute atomic E-state index is 13.6. The lowest BCUT2D eigenvalue weighted by atomic mass is 9.97. The van der Waals surface area contributed by atoms with E-state index in [1.54, 1.807) is 6.07 Å². The number of hydrogen-bond acceptors (Lipinski definition) is 1. The summed E-state index contributed by atoms with van der Waals surface area (Å²) in [6, 6.07) is 11.9. The summed E-state index contributed by atoms with van der Waals surface area (Å²) in [5, 5.41) is 10.6. The monoisotopic (exact) mass is 264 g/mol. The van der Waals surface area contributed by atoms with Crippen LogP contribution in [-0.2, 0) is 6.42 Å². The normalized spacial score (nSPS) is 12.4. The Labute approximate surface area is 111 Å². The third kappa shape index (κ3) is 2.89. The highest BCUT2D eigenvalue weighted by atomic mass is 35.5. The minimum atomic E-state index is -0.723. The number of aliphatic hydroxyl groups excluding tert-OH is 1. The van der Waals surface area contributed by atoms with E-state index < -0.39 is 6.10 Å². The molecule has 1 N–H and O–H groups in total. The topological polar surface area (TPSA) is 20.2 Å². The van der Waals surface area contributed by atoms with Crippen molar-refractivity contribution in [3.63, 3.8) is 0 Å². The van der Waals surface area contributed by atoms with Crippen molar-refractivity contribution in [2.45, 2.75) is 19.4 Å². The van der Waals surface area contributed by atoms with E-state index in [1.807, 2.05) is 31.2 Å². The molecule has 1 atom stereocenters. The van der Waals surface area contributed by atoms with Gasteiger partial charge in [0.15, 0.2) is 0 Å². The highest BCUT2D eigenvalue weighted by molar-refractivity contribution is 6.30. The summed E-state index contributed by atoms with van der Waals surface area (Å²) in [7, 11) is 0. The molecule has 2 rings (SSSR count). The fourth-order valence-electron chi connectivity index (χ4n) is 1.98. The first-order chi connectivity index (χ1) is 8.58. The van der Waals surface area contributed by atoms with Gasteiger partial charge in [-0.25, -0.2) is 4.39 Å². The van der Waals surface area contributed by atoms with Crippen molar-refractivity contribution in [1.29, 1.82) is 0 Å². The van der Waals surface area contributed by atoms with E-state index in [-0.39, 0.29) is 12.2 Å². The zero-order chi connectivity index (χ0) is 13.1. The van der Waals surface area contributed by atoms with Crippen molar-refractivity contribution in [2.24, 2.45) is 0 Å². The first-order valence-electron chi connectivity index (χ1n) is 5.75. The van der Waals surface area contributed by atoms with Crippen LogP contribution in [-0.4, -0.2) is 5.11 Å². The van der Waals surface area contributed by atoms with Crippen LogP contribution in [0.1, 0.15) is 22.8 Å². The average molecular weight is 265 g/mol. The molecule has 0 radical (unpaired) electrons. The van der Waals surface area contributed by atoms with Crippen molar-refractivity contribution >= 4 is 11.6 Å². The zero-order valence-corrected chi connectivity index (χ0v) is 10.8. The number of hydrogen-bond donors (Lipinski definition) is 1. The quantitative estimate of drug-likeness (QED) is 0.886. The van der Waals surface area contributed by atoms with Gasteiger partial charge in [-0.3, -0.25) is 0 Å². The Hall–Kier alpha value is -1.38. The standard InChI is InChI=1S/C15H14ClFO/c1-10-4-2-3-5-13(10)15(18)9-11-8-12(16)6-7-14(11)17/h2-8,15,18H,9H2,1H3. The third-order valence-electron chi connectivity index (χ3n) is 2.97. The van der Waals surface area contributed by atoms with Crippen molar-refractivity contribution in [1.82, 2.24) is 0 Å². The second-order valence-electron chi connectivity index (χ2n) is 4.31. The van der Waals surface area contributed by atoms with Gasteiger partial charge in [0.05, 0.1) is 6.10 Å². The van der Waals surface area contributed by atoms with Gasteiger partial charge in [0.25, 0.3) is 0 Å². The summed E-state index contributed by atoms with van der Waals surface area (Å²) in [6.07, 6.45) is -0.504. The predicted molar refractivity (Wildman–Crippen MR) is 71.3 cm³/mol. The zero-order valence-electron chi connectivity index (χ0n) is 10.0. The SMILES string of the molecule is Cc1ccccc1C(O)Cc1cc(Cl)ccc1F. The minimum absolute atomic E-state index is 0.219. The molecule has 2 aromatic rings. The van der Waals surface area contributed by atoms with Gasteiger partial charge in [-0.1, -0.05) is 35.9 Å². The van der Waals surface area contributed by atoms with E-state index in [4.69, 9.17) is 11.6 Å². The summed E-state index contributed by atoms with van der Waals surface area (Å²) >= 11 is 5.83. The first kappa shape index (κ1) is 13.1. The molecule has 0 bridgehead atoms. The number of aliphatic hydroxyl groups is 1. The maximum Gasteiger partial charge on any atom is 0.126 e. The summed E-state index contributed by atoms with van der Waals surface area (Å²) in [5.41, 5.74) is 2.24. The van der Waals surface area contributed by atoms with Crippen LogP contribution in [0.4, 0.5) is 4.39 Å². The van der Waals surface area contributed by atoms with Crippen LogP contribution in [0.25, 0.3) is 0 Å². The van der Waals surface area contributed by atoms with Crippen LogP contribution in [0, 0.1) is 12.7 Å². The van der Waals surface area contributed by atoms with Crippen LogP contribution >= 0.6 is 11.6 Å². The Morgan fingerprint density at radius 2 is 1.94 bits per heavy atom. The van der Waals surface area contributed by atoms with Crippen LogP contribution in [0.2, 0.25) is 5.02 Å². The summed E-state index contributed by atoms with van der Waals surface area (Å²) < 4.78 is 13.6. The van der Waals surface area contributed by atoms with Crippen molar-refractivity contribution in [2.75, 3.05) is 0 Å². The predicted octanol–water partition coefficient (Wildman–Crippen LogP) is 4.06. The molecular weight excluding hydrogens is 251 g/mol. The fourth-order valence-corrected chi connectivity index (χ4v) is 2.17. The Morgan fingerprint density at radius 3 is 2.67 bits per heavy atom. The largest absolute Gasteiger partial charge is 0.388 e. The highest BCUT2D eigenvalue weighted by Crippen LogP contribution is 2.24. The molecule has 0 aromatic heterocycles. The Bertz CT molecular complexity index is 554. The van der Waals surface area contributed by atoms with Gasteiger partial charge in [-0.2, -0.15) is 0 Å². The lowest BCUT2D eigenvalue weighted by molar-refractivity contribution is 0.176. The molecule has 0 spiro atoms. The fraction of sp³-hybridized carbons (Fsp3) is 0.200. The molecule has 1 unspecified atom stereocenters. The Morgan fingerprint density at radius 1 is 1.22 bits per heavy atom. The van der Waals surface area contributed by atoms with Crippen molar-refractivity contribution < 1.29 is 9.50 Å². The molecule has 0 aliphatic carbocycles. The number of aryl methyl sites for hydroxylation is 1. The number of halogens is 2. The van der Waals surface area contributed by atoms with E-state index >= 15 is 0 Å². The van der Waals surface area contributed by atoms with Gasteiger partial charge in [-0.15, -0.1) is 0 Å². The second kappa shape index (κ2) is 5.51. The van der Waals surface area contributed by atoms with Gasteiger partial charge in [0.1, 0.15) is 5.82 Å². The highest BCUT2D eigenvalue weighted by Gasteiger charge is 2.13. The van der Waals surface area contributed by atoms with Crippen molar-refractivity contribution in [3.05, 3.63) is 70.0 Å². The van der Waals surface area contributed by atoms with Crippen LogP contribution in [0.15, 0.2) is 42.5 Å². The lowest BCUT2D eigenvalue weighted by Crippen LogP contribution is -2.05. The van der Waals surface area contributed by atoms with E-state index in [9.17, 15) is 9.50 Å². The molecule has 1 nitrogen and oxygen atoms in total. The van der Waals surface area contributed by atoms with E-state index in [0.29, 0.717) is 10.6 Å². The van der Waals surface area contributed by atoms with Gasteiger partial charge < -0.3 is 5.11 Å². The average Bonchev–Trinajstić information content (AvgIpc) is 2.34. The van der Waals surface area contributed by atoms with E-state index in [2.05, 4.69) is 0 Å². The van der Waals surface area contributed by atoms with Gasteiger partial charge in [-0.05, 0) is 41.8 Å². The van der Waals surface area contributed by atoms with Crippen molar-refractivity contribution in [3.8, 4) is 0 Å². The van der Waals surface area contributed by atoms with Gasteiger partial charge in [0.2, 0.25) is 0 Å². The molecule has 0 amide bonds. The van der Waals surface area contributed by atoms with Crippen LogP contribution in [0.5, 0.6) is 0 Å². The molecule has 0 fully saturated rings. The molecule has 18 heavy (non-hydrogen) atoms. The Balaban J connectivity index is 2.24. The molecule has 2 aromatic carbocycles. The van der Waals surface area contributed by atoms with Crippen LogP contribution < -0.4 is 0 Å². The van der Waals surface area contributed by atoms with Crippen LogP contribution in [0.3, 0.4) is 0 Å². The number of benzene rings is 2. The van der Waals surface area contributed by atoms with E-state index in [0.717, 1.165) is 11.1 Å². The molecule has 94 valence electrons. The molecule has 0 saturated heterocycles. The van der Waals surface area contributed by atoms with E-state index in [1.165, 1.54) is 12.1 Å².